The Hall–Kier alpha value is -5.15. The molecule has 188 valence electrons. The summed E-state index contributed by atoms with van der Waals surface area (Å²) in [4.78, 5) is 6.84. The van der Waals surface area contributed by atoms with Gasteiger partial charge in [0.15, 0.2) is 0 Å². The van der Waals surface area contributed by atoms with Gasteiger partial charge in [-0.3, -0.25) is 0 Å². The number of fused-ring (bicyclic) bond motifs is 1. The predicted octanol–water partition coefficient (Wildman–Crippen LogP) is 7.90. The zero-order valence-corrected chi connectivity index (χ0v) is 22.1. The molecule has 0 unspecified atom stereocenters. The summed E-state index contributed by atoms with van der Waals surface area (Å²) in [6.07, 6.45) is 4.03. The monoisotopic (exact) mass is 510 g/mol. The molecule has 0 saturated carbocycles. The number of para-hydroxylation sites is 1. The number of rotatable bonds is 5. The SMILES string of the molecule is C1=CN(c2ccccn2)c2ccccc2B1c1c(-c2ccccc2)cc(-c2ccccc2)cc1-c1ccccc1. The van der Waals surface area contributed by atoms with Gasteiger partial charge in [0, 0.05) is 11.9 Å². The molecule has 0 atom stereocenters. The lowest BCUT2D eigenvalue weighted by molar-refractivity contribution is 1.18. The van der Waals surface area contributed by atoms with Gasteiger partial charge in [-0.2, -0.15) is 0 Å². The molecule has 2 nitrogen and oxygen atoms in total. The lowest BCUT2D eigenvalue weighted by Gasteiger charge is -2.31. The molecule has 0 bridgehead atoms. The van der Waals surface area contributed by atoms with Crippen molar-refractivity contribution in [1.82, 2.24) is 4.98 Å². The normalized spacial score (nSPS) is 12.3. The topological polar surface area (TPSA) is 16.1 Å². The Kier molecular flexibility index (Phi) is 6.31. The summed E-state index contributed by atoms with van der Waals surface area (Å²) < 4.78 is 0. The number of nitrogens with zero attached hydrogens (tertiary/aromatic N) is 2. The van der Waals surface area contributed by atoms with Crippen LogP contribution in [-0.2, 0) is 0 Å². The Morgan fingerprint density at radius 1 is 0.500 bits per heavy atom. The third-order valence-electron chi connectivity index (χ3n) is 7.62. The van der Waals surface area contributed by atoms with Gasteiger partial charge in [0.25, 0.3) is 0 Å². The number of hydrogen-bond donors (Lipinski definition) is 0. The molecule has 6 aromatic rings. The zero-order chi connectivity index (χ0) is 26.7. The van der Waals surface area contributed by atoms with Crippen molar-refractivity contribution in [3.8, 4) is 33.4 Å². The van der Waals surface area contributed by atoms with Gasteiger partial charge in [0.2, 0.25) is 6.71 Å². The van der Waals surface area contributed by atoms with Crippen molar-refractivity contribution in [2.45, 2.75) is 0 Å². The predicted molar refractivity (Wildman–Crippen MR) is 170 cm³/mol. The summed E-state index contributed by atoms with van der Waals surface area (Å²) in [5.41, 5.74) is 11.1. The van der Waals surface area contributed by atoms with E-state index in [4.69, 9.17) is 0 Å². The molecular weight excluding hydrogens is 483 g/mol. The smallest absolute Gasteiger partial charge is 0.239 e. The second kappa shape index (κ2) is 10.6. The second-order valence-electron chi connectivity index (χ2n) is 10.0. The molecule has 40 heavy (non-hydrogen) atoms. The lowest BCUT2D eigenvalue weighted by atomic mass is 9.37. The minimum absolute atomic E-state index is 0.0615. The highest BCUT2D eigenvalue weighted by Gasteiger charge is 2.31. The number of hydrogen-bond acceptors (Lipinski definition) is 2. The van der Waals surface area contributed by atoms with Gasteiger partial charge in [-0.05, 0) is 75.4 Å². The molecule has 0 N–H and O–H groups in total. The molecule has 1 aliphatic rings. The van der Waals surface area contributed by atoms with Crippen LogP contribution in [0.2, 0.25) is 0 Å². The van der Waals surface area contributed by atoms with E-state index in [1.807, 2.05) is 18.3 Å². The summed E-state index contributed by atoms with van der Waals surface area (Å²) in [6.45, 7) is 0.0615. The van der Waals surface area contributed by atoms with Crippen LogP contribution in [-0.4, -0.2) is 11.7 Å². The zero-order valence-electron chi connectivity index (χ0n) is 22.1. The van der Waals surface area contributed by atoms with E-state index in [9.17, 15) is 0 Å². The Labute approximate surface area is 236 Å². The molecule has 0 spiro atoms. The van der Waals surface area contributed by atoms with E-state index in [-0.39, 0.29) is 6.71 Å². The Morgan fingerprint density at radius 3 is 1.65 bits per heavy atom. The van der Waals surface area contributed by atoms with E-state index in [0.29, 0.717) is 0 Å². The maximum absolute atomic E-state index is 4.65. The molecule has 5 aromatic carbocycles. The molecular formula is C37H27BN2. The fourth-order valence-corrected chi connectivity index (χ4v) is 5.77. The first-order chi connectivity index (χ1) is 19.9. The molecule has 0 saturated heterocycles. The van der Waals surface area contributed by atoms with Gasteiger partial charge in [-0.25, -0.2) is 4.98 Å². The van der Waals surface area contributed by atoms with Crippen LogP contribution in [0.25, 0.3) is 33.4 Å². The standard InChI is InChI=1S/C37H27BN2/c1-4-14-28(15-5-1)31-26-32(29-16-6-2-7-17-29)37(33(27-31)30-18-8-3-9-19-30)38-23-25-40(36-22-12-13-24-39-36)35-21-11-10-20-34(35)38/h1-27H. The largest absolute Gasteiger partial charge is 0.303 e. The molecule has 0 fully saturated rings. The van der Waals surface area contributed by atoms with Crippen LogP contribution in [0.1, 0.15) is 0 Å². The summed E-state index contributed by atoms with van der Waals surface area (Å²) in [5.74, 6) is 3.24. The van der Waals surface area contributed by atoms with Crippen LogP contribution < -0.4 is 15.8 Å². The first kappa shape index (κ1) is 23.9. The molecule has 0 radical (unpaired) electrons. The van der Waals surface area contributed by atoms with Crippen LogP contribution >= 0.6 is 0 Å². The van der Waals surface area contributed by atoms with Crippen molar-refractivity contribution in [3.05, 3.63) is 164 Å². The fourth-order valence-electron chi connectivity index (χ4n) is 5.77. The molecule has 7 rings (SSSR count). The van der Waals surface area contributed by atoms with Crippen molar-refractivity contribution in [2.75, 3.05) is 4.90 Å². The van der Waals surface area contributed by atoms with Crippen LogP contribution in [0.5, 0.6) is 0 Å². The Morgan fingerprint density at radius 2 is 1.05 bits per heavy atom. The fraction of sp³-hybridized carbons (Fsp3) is 0. The van der Waals surface area contributed by atoms with Gasteiger partial charge in [-0.1, -0.05) is 127 Å². The van der Waals surface area contributed by atoms with Gasteiger partial charge in [0.05, 0.1) is 0 Å². The van der Waals surface area contributed by atoms with Crippen LogP contribution in [0.15, 0.2) is 164 Å². The lowest BCUT2D eigenvalue weighted by Crippen LogP contribution is -2.47. The quantitative estimate of drug-likeness (QED) is 0.219. The van der Waals surface area contributed by atoms with Crippen molar-refractivity contribution in [3.63, 3.8) is 0 Å². The molecule has 0 aliphatic carbocycles. The summed E-state index contributed by atoms with van der Waals surface area (Å²) in [7, 11) is 0. The highest BCUT2D eigenvalue weighted by atomic mass is 15.2. The van der Waals surface area contributed by atoms with Crippen molar-refractivity contribution in [1.29, 1.82) is 0 Å². The summed E-state index contributed by atoms with van der Waals surface area (Å²) in [5, 5.41) is 0. The van der Waals surface area contributed by atoms with E-state index >= 15 is 0 Å². The van der Waals surface area contributed by atoms with Crippen LogP contribution in [0.3, 0.4) is 0 Å². The van der Waals surface area contributed by atoms with Crippen LogP contribution in [0, 0.1) is 0 Å². The maximum atomic E-state index is 4.65. The molecule has 0 amide bonds. The van der Waals surface area contributed by atoms with E-state index in [1.165, 1.54) is 44.3 Å². The van der Waals surface area contributed by atoms with Crippen molar-refractivity contribution in [2.24, 2.45) is 0 Å². The first-order valence-electron chi connectivity index (χ1n) is 13.7. The van der Waals surface area contributed by atoms with E-state index < -0.39 is 0 Å². The average Bonchev–Trinajstić information content (AvgIpc) is 3.05. The van der Waals surface area contributed by atoms with Gasteiger partial charge in [0.1, 0.15) is 5.82 Å². The minimum Gasteiger partial charge on any atom is -0.303 e. The van der Waals surface area contributed by atoms with Crippen molar-refractivity contribution < 1.29 is 0 Å². The number of pyridine rings is 1. The highest BCUT2D eigenvalue weighted by molar-refractivity contribution is 6.92. The molecule has 1 aliphatic heterocycles. The molecule has 3 heteroatoms. The second-order valence-corrected chi connectivity index (χ2v) is 10.0. The number of anilines is 2. The maximum Gasteiger partial charge on any atom is 0.239 e. The summed E-state index contributed by atoms with van der Waals surface area (Å²) >= 11 is 0. The van der Waals surface area contributed by atoms with E-state index in [1.54, 1.807) is 0 Å². The Bertz CT molecular complexity index is 1720. The first-order valence-corrected chi connectivity index (χ1v) is 13.7. The van der Waals surface area contributed by atoms with Gasteiger partial charge < -0.3 is 4.90 Å². The summed E-state index contributed by atoms with van der Waals surface area (Å²) in [6, 6.07) is 51.8. The minimum atomic E-state index is 0.0615. The van der Waals surface area contributed by atoms with Crippen LogP contribution in [0.4, 0.5) is 11.5 Å². The van der Waals surface area contributed by atoms with E-state index in [2.05, 4.69) is 156 Å². The average molecular weight is 510 g/mol. The number of benzene rings is 5. The van der Waals surface area contributed by atoms with Gasteiger partial charge in [-0.15, -0.1) is 0 Å². The van der Waals surface area contributed by atoms with Crippen molar-refractivity contribution >= 4 is 29.1 Å². The third-order valence-corrected chi connectivity index (χ3v) is 7.62. The Balaban J connectivity index is 1.51. The van der Waals surface area contributed by atoms with E-state index in [0.717, 1.165) is 11.5 Å². The van der Waals surface area contributed by atoms with Gasteiger partial charge >= 0.3 is 0 Å². The number of aromatic nitrogens is 1. The molecule has 1 aromatic heterocycles. The highest BCUT2D eigenvalue weighted by Crippen LogP contribution is 2.34. The third kappa shape index (κ3) is 4.42. The molecule has 2 heterocycles.